The normalized spacial score (nSPS) is 13.6. The third-order valence-corrected chi connectivity index (χ3v) is 7.98. The molecule has 6 rings (SSSR count). The van der Waals surface area contributed by atoms with Crippen molar-refractivity contribution < 1.29 is 4.79 Å². The molecule has 2 aromatic heterocycles. The first kappa shape index (κ1) is 27.3. The molecule has 1 aliphatic heterocycles. The number of carbonyl (C=O) groups excluding carboxylic acids is 1. The molecule has 3 heterocycles. The number of amides is 1. The van der Waals surface area contributed by atoms with E-state index in [9.17, 15) is 9.59 Å². The lowest BCUT2D eigenvalue weighted by molar-refractivity contribution is -0.129. The van der Waals surface area contributed by atoms with E-state index in [4.69, 9.17) is 4.98 Å². The number of aromatic nitrogens is 6. The van der Waals surface area contributed by atoms with Crippen molar-refractivity contribution in [1.29, 1.82) is 0 Å². The van der Waals surface area contributed by atoms with E-state index in [-0.39, 0.29) is 11.5 Å². The van der Waals surface area contributed by atoms with Gasteiger partial charge in [-0.3, -0.25) is 14.2 Å². The van der Waals surface area contributed by atoms with Crippen LogP contribution in [0.2, 0.25) is 0 Å². The predicted octanol–water partition coefficient (Wildman–Crippen LogP) is 4.30. The number of anilines is 1. The fourth-order valence-corrected chi connectivity index (χ4v) is 5.60. The Balaban J connectivity index is 1.31. The molecule has 5 aromatic rings. The number of carbonyl (C=O) groups is 1. The number of tetrazole rings is 1. The zero-order valence-electron chi connectivity index (χ0n) is 24.0. The van der Waals surface area contributed by atoms with Crippen LogP contribution in [0.4, 0.5) is 5.69 Å². The summed E-state index contributed by atoms with van der Waals surface area (Å²) in [6, 6.07) is 22.2. The fraction of sp³-hybridized carbons (Fsp3) is 0.312. The second-order valence-corrected chi connectivity index (χ2v) is 10.7. The van der Waals surface area contributed by atoms with E-state index in [1.54, 1.807) is 6.92 Å². The molecule has 10 nitrogen and oxygen atoms in total. The van der Waals surface area contributed by atoms with Crippen LogP contribution in [-0.2, 0) is 17.8 Å². The Morgan fingerprint density at radius 1 is 0.952 bits per heavy atom. The molecule has 0 bridgehead atoms. The Labute approximate surface area is 244 Å². The number of aryl methyl sites for hydroxylation is 1. The molecule has 1 aliphatic rings. The summed E-state index contributed by atoms with van der Waals surface area (Å²) in [4.78, 5) is 34.8. The number of H-pyrrole nitrogens is 1. The molecule has 0 saturated carbocycles. The molecule has 1 amide bonds. The van der Waals surface area contributed by atoms with Gasteiger partial charge in [0.05, 0.1) is 17.4 Å². The van der Waals surface area contributed by atoms with Crippen molar-refractivity contribution in [2.75, 3.05) is 31.1 Å². The van der Waals surface area contributed by atoms with E-state index in [2.05, 4.69) is 56.7 Å². The number of hydrogen-bond acceptors (Lipinski definition) is 7. The molecule has 42 heavy (non-hydrogen) atoms. The monoisotopic (exact) mass is 562 g/mol. The molecule has 0 unspecified atom stereocenters. The van der Waals surface area contributed by atoms with Gasteiger partial charge in [-0.1, -0.05) is 61.9 Å². The Kier molecular flexibility index (Phi) is 7.76. The van der Waals surface area contributed by atoms with Crippen molar-refractivity contribution in [1.82, 2.24) is 35.1 Å². The highest BCUT2D eigenvalue weighted by Crippen LogP contribution is 2.30. The lowest BCUT2D eigenvalue weighted by Crippen LogP contribution is -2.48. The zero-order valence-corrected chi connectivity index (χ0v) is 24.0. The van der Waals surface area contributed by atoms with Crippen molar-refractivity contribution in [3.8, 4) is 22.5 Å². The fourth-order valence-electron chi connectivity index (χ4n) is 5.60. The Morgan fingerprint density at radius 3 is 2.40 bits per heavy atom. The van der Waals surface area contributed by atoms with Crippen LogP contribution in [0.3, 0.4) is 0 Å². The minimum absolute atomic E-state index is 0.0261. The summed E-state index contributed by atoms with van der Waals surface area (Å²) in [5.41, 5.74) is 5.65. The maximum atomic E-state index is 14.0. The van der Waals surface area contributed by atoms with Crippen LogP contribution in [-0.4, -0.2) is 67.2 Å². The van der Waals surface area contributed by atoms with Crippen LogP contribution in [0.25, 0.3) is 33.4 Å². The lowest BCUT2D eigenvalue weighted by Gasteiger charge is -2.35. The molecule has 214 valence electrons. The van der Waals surface area contributed by atoms with Crippen LogP contribution in [0.15, 0.2) is 71.5 Å². The lowest BCUT2D eigenvalue weighted by atomic mass is 9.98. The largest absolute Gasteiger partial charge is 0.368 e. The van der Waals surface area contributed by atoms with E-state index in [0.29, 0.717) is 30.8 Å². The number of piperazine rings is 1. The number of aromatic amines is 1. The molecule has 10 heteroatoms. The summed E-state index contributed by atoms with van der Waals surface area (Å²) in [6.45, 7) is 7.04. The van der Waals surface area contributed by atoms with E-state index >= 15 is 0 Å². The van der Waals surface area contributed by atoms with Gasteiger partial charge < -0.3 is 9.80 Å². The molecule has 0 atom stereocenters. The summed E-state index contributed by atoms with van der Waals surface area (Å²) in [7, 11) is 0. The van der Waals surface area contributed by atoms with E-state index in [1.165, 1.54) is 0 Å². The highest BCUT2D eigenvalue weighted by atomic mass is 16.2. The van der Waals surface area contributed by atoms with Crippen LogP contribution in [0, 0.1) is 0 Å². The number of benzene rings is 3. The summed E-state index contributed by atoms with van der Waals surface area (Å²) in [5.74, 6) is 1.46. The van der Waals surface area contributed by atoms with Crippen LogP contribution in [0.5, 0.6) is 0 Å². The van der Waals surface area contributed by atoms with Gasteiger partial charge in [0.25, 0.3) is 5.56 Å². The number of unbranched alkanes of at least 4 members (excludes halogenated alkanes) is 1. The smallest absolute Gasteiger partial charge is 0.261 e. The molecular weight excluding hydrogens is 528 g/mol. The third-order valence-electron chi connectivity index (χ3n) is 7.98. The number of nitrogens with zero attached hydrogens (tertiary/aromatic N) is 7. The molecular formula is C32H34N8O2. The van der Waals surface area contributed by atoms with E-state index in [0.717, 1.165) is 71.6 Å². The quantitative estimate of drug-likeness (QED) is 0.300. The standard InChI is InChI=1S/C32H34N8O2/c1-3-4-9-30-33-29-15-14-25(39-18-16-38(17-19-39)22(2)41)20-28(29)32(42)40(30)21-23-10-12-24(13-11-23)26-7-5-6-8-27(26)31-34-36-37-35-31/h5-8,10-15,20H,3-4,9,16-19,21H2,1-2H3,(H,34,35,36,37). The van der Waals surface area contributed by atoms with E-state index < -0.39 is 0 Å². The van der Waals surface area contributed by atoms with Gasteiger partial charge in [-0.25, -0.2) is 4.98 Å². The van der Waals surface area contributed by atoms with Crippen LogP contribution < -0.4 is 10.5 Å². The number of rotatable bonds is 8. The first-order valence-corrected chi connectivity index (χ1v) is 14.5. The summed E-state index contributed by atoms with van der Waals surface area (Å²) < 4.78 is 1.83. The Hall–Kier alpha value is -4.86. The first-order chi connectivity index (χ1) is 20.5. The van der Waals surface area contributed by atoms with Gasteiger partial charge in [-0.2, -0.15) is 5.21 Å². The molecule has 0 radical (unpaired) electrons. The topological polar surface area (TPSA) is 113 Å². The van der Waals surface area contributed by atoms with Crippen molar-refractivity contribution in [2.24, 2.45) is 0 Å². The SMILES string of the molecule is CCCCc1nc2ccc(N3CCN(C(C)=O)CC3)cc2c(=O)n1Cc1ccc(-c2ccccc2-c2nn[nH]n2)cc1. The van der Waals surface area contributed by atoms with Crippen LogP contribution >= 0.6 is 0 Å². The third kappa shape index (κ3) is 5.52. The van der Waals surface area contributed by atoms with Crippen LogP contribution in [0.1, 0.15) is 38.1 Å². The second kappa shape index (κ2) is 11.9. The molecule has 0 spiro atoms. The Morgan fingerprint density at radius 2 is 1.71 bits per heavy atom. The summed E-state index contributed by atoms with van der Waals surface area (Å²) in [5, 5.41) is 15.1. The molecule has 1 saturated heterocycles. The summed E-state index contributed by atoms with van der Waals surface area (Å²) in [6.07, 6.45) is 2.72. The van der Waals surface area contributed by atoms with Gasteiger partial charge >= 0.3 is 0 Å². The van der Waals surface area contributed by atoms with Gasteiger partial charge in [0.1, 0.15) is 5.82 Å². The maximum absolute atomic E-state index is 14.0. The summed E-state index contributed by atoms with van der Waals surface area (Å²) >= 11 is 0. The number of nitrogens with one attached hydrogen (secondary N) is 1. The van der Waals surface area contributed by atoms with Crippen molar-refractivity contribution in [3.05, 3.63) is 88.5 Å². The van der Waals surface area contributed by atoms with Crippen molar-refractivity contribution in [2.45, 2.75) is 39.7 Å². The Bertz CT molecular complexity index is 1750. The van der Waals surface area contributed by atoms with Gasteiger partial charge in [0.2, 0.25) is 11.7 Å². The highest BCUT2D eigenvalue weighted by molar-refractivity contribution is 5.82. The average molecular weight is 563 g/mol. The minimum atomic E-state index is -0.0261. The van der Waals surface area contributed by atoms with E-state index in [1.807, 2.05) is 51.9 Å². The second-order valence-electron chi connectivity index (χ2n) is 10.7. The van der Waals surface area contributed by atoms with Gasteiger partial charge in [0, 0.05) is 50.8 Å². The van der Waals surface area contributed by atoms with Gasteiger partial charge in [-0.05, 0) is 46.5 Å². The molecule has 1 fully saturated rings. The number of hydrogen-bond donors (Lipinski definition) is 1. The average Bonchev–Trinajstić information content (AvgIpc) is 3.57. The van der Waals surface area contributed by atoms with Crippen molar-refractivity contribution in [3.63, 3.8) is 0 Å². The number of fused-ring (bicyclic) bond motifs is 1. The first-order valence-electron chi connectivity index (χ1n) is 14.5. The molecule has 0 aliphatic carbocycles. The predicted molar refractivity (Wildman–Crippen MR) is 163 cm³/mol. The highest BCUT2D eigenvalue weighted by Gasteiger charge is 2.20. The van der Waals surface area contributed by atoms with Gasteiger partial charge in [0.15, 0.2) is 0 Å². The zero-order chi connectivity index (χ0) is 29.1. The maximum Gasteiger partial charge on any atom is 0.261 e. The molecule has 1 N–H and O–H groups in total. The van der Waals surface area contributed by atoms with Gasteiger partial charge in [-0.15, -0.1) is 10.2 Å². The van der Waals surface area contributed by atoms with Crippen molar-refractivity contribution >= 4 is 22.5 Å². The minimum Gasteiger partial charge on any atom is -0.368 e. The molecule has 3 aromatic carbocycles.